The summed E-state index contributed by atoms with van der Waals surface area (Å²) >= 11 is 0. The number of phenols is 1. The Morgan fingerprint density at radius 2 is 1.96 bits per heavy atom. The van der Waals surface area contributed by atoms with Gasteiger partial charge in [0.1, 0.15) is 17.1 Å². The average molecular weight is 347 g/mol. The summed E-state index contributed by atoms with van der Waals surface area (Å²) in [6.45, 7) is 9.27. The number of hydrogen-bond acceptors (Lipinski definition) is 2. The van der Waals surface area contributed by atoms with E-state index in [1.807, 2.05) is 12.1 Å². The molecule has 3 nitrogen and oxygen atoms in total. The first-order valence-electron chi connectivity index (χ1n) is 9.80. The van der Waals surface area contributed by atoms with E-state index >= 15 is 0 Å². The zero-order chi connectivity index (χ0) is 18.0. The maximum Gasteiger partial charge on any atom is 0.128 e. The maximum atomic E-state index is 10.2. The lowest BCUT2D eigenvalue weighted by atomic mass is 9.60. The number of ether oxygens (including phenoxy) is 1. The van der Waals surface area contributed by atoms with Gasteiger partial charge in [0.15, 0.2) is 0 Å². The lowest BCUT2D eigenvalue weighted by Gasteiger charge is -2.55. The molecule has 2 aliphatic heterocycles. The molecule has 3 heteroatoms. The van der Waals surface area contributed by atoms with Crippen molar-refractivity contribution >= 4 is 21.8 Å². The van der Waals surface area contributed by atoms with E-state index < -0.39 is 0 Å². The van der Waals surface area contributed by atoms with Crippen molar-refractivity contribution in [3.63, 3.8) is 0 Å². The van der Waals surface area contributed by atoms with Crippen molar-refractivity contribution in [1.29, 1.82) is 0 Å². The predicted molar refractivity (Wildman–Crippen MR) is 104 cm³/mol. The Morgan fingerprint density at radius 1 is 1.15 bits per heavy atom. The van der Waals surface area contributed by atoms with Gasteiger partial charge >= 0.3 is 0 Å². The monoisotopic (exact) mass is 347 g/mol. The number of benzene rings is 2. The number of aromatic hydroxyl groups is 1. The number of phenolic OH excluding ortho intramolecular Hbond substituents is 1. The summed E-state index contributed by atoms with van der Waals surface area (Å²) in [5, 5.41) is 12.7. The zero-order valence-electron chi connectivity index (χ0n) is 15.9. The van der Waals surface area contributed by atoms with E-state index in [4.69, 9.17) is 4.74 Å². The van der Waals surface area contributed by atoms with E-state index in [1.54, 1.807) is 0 Å². The van der Waals surface area contributed by atoms with Crippen LogP contribution in [0.2, 0.25) is 0 Å². The molecule has 1 aromatic heterocycles. The molecule has 134 valence electrons. The highest BCUT2D eigenvalue weighted by Gasteiger charge is 2.54. The van der Waals surface area contributed by atoms with E-state index in [-0.39, 0.29) is 11.1 Å². The SMILES string of the molecule is Cc1cc2c3ccc(O)cc3n3c2c2c1O[C@@]1(C)CC[C@@H](C2C1)C3(C)C. The smallest absolute Gasteiger partial charge is 0.128 e. The summed E-state index contributed by atoms with van der Waals surface area (Å²) in [5.41, 5.74) is 5.16. The Kier molecular flexibility index (Phi) is 2.42. The molecule has 26 heavy (non-hydrogen) atoms. The van der Waals surface area contributed by atoms with Crippen molar-refractivity contribution in [2.45, 2.75) is 64.0 Å². The van der Waals surface area contributed by atoms with E-state index in [2.05, 4.69) is 44.4 Å². The van der Waals surface area contributed by atoms with Crippen molar-refractivity contribution in [1.82, 2.24) is 4.57 Å². The highest BCUT2D eigenvalue weighted by Crippen LogP contribution is 2.62. The number of rotatable bonds is 0. The number of aryl methyl sites for hydroxylation is 1. The molecule has 0 radical (unpaired) electrons. The molecule has 0 saturated heterocycles. The molecule has 0 spiro atoms. The van der Waals surface area contributed by atoms with Crippen LogP contribution in [0.4, 0.5) is 0 Å². The molecule has 1 N–H and O–H groups in total. The van der Waals surface area contributed by atoms with Gasteiger partial charge in [-0.3, -0.25) is 0 Å². The fourth-order valence-electron chi connectivity index (χ4n) is 6.42. The Labute approximate surface area is 153 Å². The third-order valence-electron chi connectivity index (χ3n) is 7.53. The summed E-state index contributed by atoms with van der Waals surface area (Å²) < 4.78 is 9.14. The van der Waals surface area contributed by atoms with Crippen LogP contribution in [-0.4, -0.2) is 15.3 Å². The van der Waals surface area contributed by atoms with Crippen LogP contribution in [0.25, 0.3) is 21.8 Å². The van der Waals surface area contributed by atoms with Crippen molar-refractivity contribution in [3.05, 3.63) is 35.4 Å². The predicted octanol–water partition coefficient (Wildman–Crippen LogP) is 5.59. The van der Waals surface area contributed by atoms with Gasteiger partial charge in [-0.25, -0.2) is 0 Å². The first kappa shape index (κ1) is 15.0. The molecule has 6 rings (SSSR count). The highest BCUT2D eigenvalue weighted by molar-refractivity contribution is 6.11. The van der Waals surface area contributed by atoms with E-state index in [0.717, 1.165) is 24.1 Å². The zero-order valence-corrected chi connectivity index (χ0v) is 15.9. The van der Waals surface area contributed by atoms with Crippen LogP contribution in [0.3, 0.4) is 0 Å². The third-order valence-corrected chi connectivity index (χ3v) is 7.53. The van der Waals surface area contributed by atoms with Gasteiger partial charge in [-0.05, 0) is 82.6 Å². The minimum atomic E-state index is -0.0187. The Bertz CT molecular complexity index is 1120. The molecule has 3 aliphatic rings. The molecule has 1 saturated carbocycles. The lowest BCUT2D eigenvalue weighted by Crippen LogP contribution is -2.52. The summed E-state index contributed by atoms with van der Waals surface area (Å²) in [4.78, 5) is 0. The van der Waals surface area contributed by atoms with Crippen LogP contribution in [0, 0.1) is 12.8 Å². The molecule has 1 fully saturated rings. The van der Waals surface area contributed by atoms with E-state index in [0.29, 0.717) is 17.6 Å². The maximum absolute atomic E-state index is 10.2. The molecule has 3 heterocycles. The molecular formula is C23H25NO2. The molecule has 3 atom stereocenters. The van der Waals surface area contributed by atoms with Crippen molar-refractivity contribution in [3.8, 4) is 11.5 Å². The second kappa shape index (κ2) is 4.21. The van der Waals surface area contributed by atoms with Crippen LogP contribution < -0.4 is 4.74 Å². The molecule has 1 unspecified atom stereocenters. The second-order valence-corrected chi connectivity index (χ2v) is 9.53. The highest BCUT2D eigenvalue weighted by atomic mass is 16.5. The van der Waals surface area contributed by atoms with Crippen LogP contribution in [-0.2, 0) is 5.54 Å². The third kappa shape index (κ3) is 1.53. The first-order valence-corrected chi connectivity index (χ1v) is 9.80. The van der Waals surface area contributed by atoms with Crippen molar-refractivity contribution in [2.24, 2.45) is 5.92 Å². The molecule has 2 aromatic carbocycles. The summed E-state index contributed by atoms with van der Waals surface area (Å²) in [6, 6.07) is 8.13. The normalized spacial score (nSPS) is 30.8. The summed E-state index contributed by atoms with van der Waals surface area (Å²) in [5.74, 6) is 2.64. The minimum Gasteiger partial charge on any atom is -0.508 e. The lowest BCUT2D eigenvalue weighted by molar-refractivity contribution is -0.0262. The largest absolute Gasteiger partial charge is 0.508 e. The van der Waals surface area contributed by atoms with Crippen LogP contribution in [0.1, 0.15) is 57.1 Å². The average Bonchev–Trinajstić information content (AvgIpc) is 2.88. The van der Waals surface area contributed by atoms with Crippen LogP contribution in [0.15, 0.2) is 24.3 Å². The Balaban J connectivity index is 1.88. The molecule has 2 bridgehead atoms. The quantitative estimate of drug-likeness (QED) is 0.575. The molecular weight excluding hydrogens is 322 g/mol. The standard InChI is InChI=1S/C23H25NO2/c1-12-9-15-14-6-5-13(25)10-18(14)24-20(15)19-16-11-23(4,26-21(12)19)8-7-17(16)22(24,2)3/h5-6,9-10,16-17,25H,7-8,11H2,1-4H3/t16?,17-,23-/m0/s1. The fraction of sp³-hybridized carbons (Fsp3) is 0.478. The van der Waals surface area contributed by atoms with Gasteiger partial charge in [-0.2, -0.15) is 0 Å². The summed E-state index contributed by atoms with van der Waals surface area (Å²) in [7, 11) is 0. The number of fused-ring (bicyclic) bond motifs is 4. The summed E-state index contributed by atoms with van der Waals surface area (Å²) in [6.07, 6.45) is 3.44. The second-order valence-electron chi connectivity index (χ2n) is 9.53. The van der Waals surface area contributed by atoms with Gasteiger partial charge in [0.2, 0.25) is 0 Å². The fourth-order valence-corrected chi connectivity index (χ4v) is 6.42. The van der Waals surface area contributed by atoms with Crippen LogP contribution in [0.5, 0.6) is 11.5 Å². The Hall–Kier alpha value is -2.16. The molecule has 0 amide bonds. The van der Waals surface area contributed by atoms with Gasteiger partial charge in [0, 0.05) is 27.9 Å². The van der Waals surface area contributed by atoms with E-state index in [1.165, 1.54) is 33.8 Å². The first-order chi connectivity index (χ1) is 12.3. The van der Waals surface area contributed by atoms with Gasteiger partial charge in [-0.1, -0.05) is 0 Å². The van der Waals surface area contributed by atoms with Crippen molar-refractivity contribution < 1.29 is 9.84 Å². The van der Waals surface area contributed by atoms with Crippen molar-refractivity contribution in [2.75, 3.05) is 0 Å². The van der Waals surface area contributed by atoms with E-state index in [9.17, 15) is 5.11 Å². The molecule has 3 aromatic rings. The van der Waals surface area contributed by atoms with Gasteiger partial charge in [-0.15, -0.1) is 0 Å². The molecule has 1 aliphatic carbocycles. The van der Waals surface area contributed by atoms with Crippen LogP contribution >= 0.6 is 0 Å². The van der Waals surface area contributed by atoms with Gasteiger partial charge in [0.05, 0.1) is 11.0 Å². The topological polar surface area (TPSA) is 34.4 Å². The number of aromatic nitrogens is 1. The minimum absolute atomic E-state index is 0.0187. The van der Waals surface area contributed by atoms with Gasteiger partial charge in [0.25, 0.3) is 0 Å². The number of nitrogens with zero attached hydrogens (tertiary/aromatic N) is 1. The Morgan fingerprint density at radius 3 is 2.77 bits per heavy atom. The number of hydrogen-bond donors (Lipinski definition) is 1. The van der Waals surface area contributed by atoms with Gasteiger partial charge < -0.3 is 14.4 Å².